The quantitative estimate of drug-likeness (QED) is 0.442. The van der Waals surface area contributed by atoms with E-state index in [9.17, 15) is 0 Å². The highest BCUT2D eigenvalue weighted by atomic mass is 15.3. The fraction of sp³-hybridized carbons (Fsp3) is 0. The van der Waals surface area contributed by atoms with Gasteiger partial charge in [-0.1, -0.05) is 41.6 Å². The highest BCUT2D eigenvalue weighted by molar-refractivity contribution is 5.92. The van der Waals surface area contributed by atoms with Gasteiger partial charge in [-0.15, -0.1) is 5.10 Å². The molecule has 5 heteroatoms. The smallest absolute Gasteiger partial charge is 0.201 e. The highest BCUT2D eigenvalue weighted by Gasteiger charge is 1.96. The van der Waals surface area contributed by atoms with E-state index in [0.29, 0.717) is 5.65 Å². The zero-order valence-corrected chi connectivity index (χ0v) is 12.2. The molecule has 0 bridgehead atoms. The average Bonchev–Trinajstić information content (AvgIpc) is 3.09. The molecular formula is C18H13N5. The van der Waals surface area contributed by atoms with Crippen molar-refractivity contribution in [2.45, 2.75) is 0 Å². The van der Waals surface area contributed by atoms with Crippen LogP contribution in [-0.4, -0.2) is 25.4 Å². The minimum absolute atomic E-state index is 0.664. The molecule has 0 unspecified atom stereocenters. The van der Waals surface area contributed by atoms with Gasteiger partial charge in [-0.05, 0) is 30.3 Å². The standard InChI is InChI=1S/C13H9N.C5H4N4/c1-3-7-12-10(5-1)9-11-6-2-4-8-13(11)14-12;1-2-4-5(6-3-1)8-9-7-4/h1-9H;1-3H,(H,6,7,8,9). The Morgan fingerprint density at radius 3 is 2.13 bits per heavy atom. The monoisotopic (exact) mass is 299 g/mol. The number of H-pyrrole nitrogens is 1. The third kappa shape index (κ3) is 2.72. The van der Waals surface area contributed by atoms with Gasteiger partial charge in [0.2, 0.25) is 5.65 Å². The van der Waals surface area contributed by atoms with Gasteiger partial charge in [-0.2, -0.15) is 0 Å². The third-order valence-corrected chi connectivity index (χ3v) is 3.53. The number of hydrogen-bond acceptors (Lipinski definition) is 4. The van der Waals surface area contributed by atoms with Crippen LogP contribution in [0.3, 0.4) is 0 Å². The van der Waals surface area contributed by atoms with E-state index >= 15 is 0 Å². The Labute approximate surface area is 132 Å². The fourth-order valence-corrected chi connectivity index (χ4v) is 2.41. The summed E-state index contributed by atoms with van der Waals surface area (Å²) in [4.78, 5) is 8.51. The van der Waals surface area contributed by atoms with Crippen molar-refractivity contribution in [3.8, 4) is 0 Å². The molecule has 0 saturated carbocycles. The molecule has 5 aromatic rings. The van der Waals surface area contributed by atoms with E-state index < -0.39 is 0 Å². The molecule has 23 heavy (non-hydrogen) atoms. The topological polar surface area (TPSA) is 67.3 Å². The maximum atomic E-state index is 4.58. The lowest BCUT2D eigenvalue weighted by Crippen LogP contribution is -1.80. The Hall–Kier alpha value is -3.34. The van der Waals surface area contributed by atoms with Gasteiger partial charge in [0.25, 0.3) is 0 Å². The second-order valence-corrected chi connectivity index (χ2v) is 5.06. The van der Waals surface area contributed by atoms with Crippen LogP contribution < -0.4 is 0 Å². The first kappa shape index (κ1) is 13.3. The van der Waals surface area contributed by atoms with Crippen LogP contribution in [0.5, 0.6) is 0 Å². The van der Waals surface area contributed by atoms with Crippen LogP contribution >= 0.6 is 0 Å². The lowest BCUT2D eigenvalue weighted by Gasteiger charge is -1.99. The second kappa shape index (κ2) is 5.81. The second-order valence-electron chi connectivity index (χ2n) is 5.06. The van der Waals surface area contributed by atoms with Crippen molar-refractivity contribution in [2.75, 3.05) is 0 Å². The molecule has 1 N–H and O–H groups in total. The molecule has 3 aromatic heterocycles. The number of benzene rings is 2. The van der Waals surface area contributed by atoms with E-state index in [4.69, 9.17) is 0 Å². The summed E-state index contributed by atoms with van der Waals surface area (Å²) >= 11 is 0. The van der Waals surface area contributed by atoms with Crippen LogP contribution in [0.1, 0.15) is 0 Å². The van der Waals surface area contributed by atoms with Gasteiger partial charge < -0.3 is 0 Å². The number of aromatic nitrogens is 5. The lowest BCUT2D eigenvalue weighted by molar-refractivity contribution is 0.954. The molecule has 3 heterocycles. The summed E-state index contributed by atoms with van der Waals surface area (Å²) in [6, 6.07) is 22.3. The SMILES string of the molecule is c1ccc2nc3ccccc3cc2c1.c1cnc2nn[nH]c2c1. The Kier molecular flexibility index (Phi) is 3.37. The number of para-hydroxylation sites is 2. The molecule has 2 aromatic carbocycles. The molecule has 0 aliphatic heterocycles. The predicted octanol–water partition coefficient (Wildman–Crippen LogP) is 3.74. The predicted molar refractivity (Wildman–Crippen MR) is 90.9 cm³/mol. The number of nitrogens with zero attached hydrogens (tertiary/aromatic N) is 4. The van der Waals surface area contributed by atoms with Crippen LogP contribution in [-0.2, 0) is 0 Å². The Balaban J connectivity index is 0.000000130. The summed E-state index contributed by atoms with van der Waals surface area (Å²) < 4.78 is 0. The zero-order valence-electron chi connectivity index (χ0n) is 12.2. The van der Waals surface area contributed by atoms with Gasteiger partial charge in [0.15, 0.2) is 0 Å². The Morgan fingerprint density at radius 2 is 1.43 bits per heavy atom. The number of fused-ring (bicyclic) bond motifs is 3. The largest absolute Gasteiger partial charge is 0.256 e. The summed E-state index contributed by atoms with van der Waals surface area (Å²) in [6.45, 7) is 0. The number of aromatic amines is 1. The van der Waals surface area contributed by atoms with E-state index in [-0.39, 0.29) is 0 Å². The molecule has 5 nitrogen and oxygen atoms in total. The van der Waals surface area contributed by atoms with Crippen molar-refractivity contribution in [1.82, 2.24) is 25.4 Å². The molecular weight excluding hydrogens is 286 g/mol. The molecule has 0 aliphatic rings. The van der Waals surface area contributed by atoms with Gasteiger partial charge in [0.1, 0.15) is 5.52 Å². The van der Waals surface area contributed by atoms with Crippen molar-refractivity contribution in [1.29, 1.82) is 0 Å². The van der Waals surface area contributed by atoms with Gasteiger partial charge in [0, 0.05) is 17.0 Å². The minimum Gasteiger partial charge on any atom is -0.256 e. The Morgan fingerprint density at radius 1 is 0.739 bits per heavy atom. The maximum absolute atomic E-state index is 4.58. The molecule has 0 atom stereocenters. The van der Waals surface area contributed by atoms with E-state index in [1.54, 1.807) is 6.20 Å². The molecule has 110 valence electrons. The Bertz CT molecular complexity index is 949. The van der Waals surface area contributed by atoms with Gasteiger partial charge in [-0.25, -0.2) is 9.97 Å². The lowest BCUT2D eigenvalue weighted by atomic mass is 10.1. The van der Waals surface area contributed by atoms with Crippen LogP contribution in [0.2, 0.25) is 0 Å². The van der Waals surface area contributed by atoms with Crippen LogP contribution in [0.25, 0.3) is 33.0 Å². The van der Waals surface area contributed by atoms with Crippen molar-refractivity contribution in [3.05, 3.63) is 72.9 Å². The zero-order chi connectivity index (χ0) is 15.5. The fourth-order valence-electron chi connectivity index (χ4n) is 2.41. The summed E-state index contributed by atoms with van der Waals surface area (Å²) in [5, 5.41) is 12.4. The normalized spacial score (nSPS) is 10.6. The number of rotatable bonds is 0. The van der Waals surface area contributed by atoms with E-state index in [2.05, 4.69) is 43.6 Å². The van der Waals surface area contributed by atoms with E-state index in [1.807, 2.05) is 48.5 Å². The van der Waals surface area contributed by atoms with E-state index in [1.165, 1.54) is 10.8 Å². The average molecular weight is 299 g/mol. The molecule has 0 saturated heterocycles. The molecule has 5 rings (SSSR count). The summed E-state index contributed by atoms with van der Waals surface area (Å²) in [5.41, 5.74) is 3.66. The molecule has 0 fully saturated rings. The van der Waals surface area contributed by atoms with Crippen LogP contribution in [0.4, 0.5) is 0 Å². The minimum atomic E-state index is 0.664. The summed E-state index contributed by atoms with van der Waals surface area (Å²) in [5.74, 6) is 0. The first-order valence-electron chi connectivity index (χ1n) is 7.26. The van der Waals surface area contributed by atoms with Crippen molar-refractivity contribution < 1.29 is 0 Å². The summed E-state index contributed by atoms with van der Waals surface area (Å²) in [6.07, 6.45) is 1.69. The molecule has 0 amide bonds. The van der Waals surface area contributed by atoms with Gasteiger partial charge in [-0.3, -0.25) is 5.10 Å². The maximum Gasteiger partial charge on any atom is 0.201 e. The van der Waals surface area contributed by atoms with Crippen molar-refractivity contribution in [2.24, 2.45) is 0 Å². The van der Waals surface area contributed by atoms with Gasteiger partial charge >= 0.3 is 0 Å². The highest BCUT2D eigenvalue weighted by Crippen LogP contribution is 2.18. The molecule has 0 aliphatic carbocycles. The number of pyridine rings is 2. The third-order valence-electron chi connectivity index (χ3n) is 3.53. The number of hydrogen-bond donors (Lipinski definition) is 1. The number of nitrogens with one attached hydrogen (secondary N) is 1. The molecule has 0 spiro atoms. The molecule has 0 radical (unpaired) electrons. The van der Waals surface area contributed by atoms with Crippen LogP contribution in [0, 0.1) is 0 Å². The first-order chi connectivity index (χ1) is 11.4. The summed E-state index contributed by atoms with van der Waals surface area (Å²) in [7, 11) is 0. The van der Waals surface area contributed by atoms with Crippen LogP contribution in [0.15, 0.2) is 72.9 Å². The first-order valence-corrected chi connectivity index (χ1v) is 7.26. The van der Waals surface area contributed by atoms with Gasteiger partial charge in [0.05, 0.1) is 11.0 Å². The van der Waals surface area contributed by atoms with Crippen molar-refractivity contribution >= 4 is 33.0 Å². The van der Waals surface area contributed by atoms with Crippen molar-refractivity contribution in [3.63, 3.8) is 0 Å². The van der Waals surface area contributed by atoms with E-state index in [0.717, 1.165) is 16.6 Å².